The first-order chi connectivity index (χ1) is 5.56. The molecule has 2 heteroatoms. The molecule has 0 aliphatic heterocycles. The normalized spacial score (nSPS) is 13.1. The SMILES string of the molecule is CCCC(CC(C)C)OC(C)=O. The summed E-state index contributed by atoms with van der Waals surface area (Å²) in [6.45, 7) is 7.87. The summed E-state index contributed by atoms with van der Waals surface area (Å²) in [4.78, 5) is 10.7. The fourth-order valence-electron chi connectivity index (χ4n) is 1.31. The quantitative estimate of drug-likeness (QED) is 0.596. The fourth-order valence-corrected chi connectivity index (χ4v) is 1.31. The Balaban J connectivity index is 3.77. The van der Waals surface area contributed by atoms with Crippen molar-refractivity contribution in [2.45, 2.75) is 53.1 Å². The van der Waals surface area contributed by atoms with Gasteiger partial charge in [0.1, 0.15) is 6.10 Å². The molecule has 0 saturated carbocycles. The minimum absolute atomic E-state index is 0.132. The molecule has 1 unspecified atom stereocenters. The van der Waals surface area contributed by atoms with Gasteiger partial charge in [-0.1, -0.05) is 27.2 Å². The average molecular weight is 172 g/mol. The van der Waals surface area contributed by atoms with E-state index in [4.69, 9.17) is 4.74 Å². The van der Waals surface area contributed by atoms with E-state index in [9.17, 15) is 4.79 Å². The predicted octanol–water partition coefficient (Wildman–Crippen LogP) is 2.76. The summed E-state index contributed by atoms with van der Waals surface area (Å²) in [6, 6.07) is 0. The maximum absolute atomic E-state index is 10.7. The average Bonchev–Trinajstić information content (AvgIpc) is 1.84. The van der Waals surface area contributed by atoms with Crippen LogP contribution in [0.1, 0.15) is 47.0 Å². The molecule has 0 bridgehead atoms. The van der Waals surface area contributed by atoms with Crippen LogP contribution in [-0.4, -0.2) is 12.1 Å². The van der Waals surface area contributed by atoms with Gasteiger partial charge in [0.25, 0.3) is 0 Å². The highest BCUT2D eigenvalue weighted by Crippen LogP contribution is 2.13. The van der Waals surface area contributed by atoms with E-state index < -0.39 is 0 Å². The maximum atomic E-state index is 10.7. The monoisotopic (exact) mass is 172 g/mol. The number of carbonyl (C=O) groups excluding carboxylic acids is 1. The van der Waals surface area contributed by atoms with E-state index in [2.05, 4.69) is 20.8 Å². The zero-order valence-electron chi connectivity index (χ0n) is 8.59. The molecule has 0 aromatic rings. The van der Waals surface area contributed by atoms with E-state index >= 15 is 0 Å². The third kappa shape index (κ3) is 6.20. The summed E-state index contributed by atoms with van der Waals surface area (Å²) in [7, 11) is 0. The van der Waals surface area contributed by atoms with Crippen molar-refractivity contribution < 1.29 is 9.53 Å². The standard InChI is InChI=1S/C10H20O2/c1-5-6-10(7-8(2)3)12-9(4)11/h8,10H,5-7H2,1-4H3. The molecule has 72 valence electrons. The summed E-state index contributed by atoms with van der Waals surface area (Å²) in [6.07, 6.45) is 3.17. The molecule has 0 spiro atoms. The van der Waals surface area contributed by atoms with Crippen molar-refractivity contribution in [1.82, 2.24) is 0 Å². The molecule has 0 heterocycles. The third-order valence-corrected chi connectivity index (χ3v) is 1.68. The van der Waals surface area contributed by atoms with Gasteiger partial charge in [-0.15, -0.1) is 0 Å². The molecule has 0 aromatic heterocycles. The Labute approximate surface area is 75.3 Å². The summed E-state index contributed by atoms with van der Waals surface area (Å²) >= 11 is 0. The first kappa shape index (κ1) is 11.5. The van der Waals surface area contributed by atoms with Crippen LogP contribution in [0.25, 0.3) is 0 Å². The van der Waals surface area contributed by atoms with E-state index in [1.807, 2.05) is 0 Å². The van der Waals surface area contributed by atoms with Gasteiger partial charge in [0.15, 0.2) is 0 Å². The van der Waals surface area contributed by atoms with Crippen molar-refractivity contribution in [3.05, 3.63) is 0 Å². The molecule has 0 saturated heterocycles. The van der Waals surface area contributed by atoms with E-state index in [1.165, 1.54) is 6.92 Å². The summed E-state index contributed by atoms with van der Waals surface area (Å²) in [5, 5.41) is 0. The molecular weight excluding hydrogens is 152 g/mol. The topological polar surface area (TPSA) is 26.3 Å². The smallest absolute Gasteiger partial charge is 0.302 e. The number of hydrogen-bond acceptors (Lipinski definition) is 2. The molecule has 12 heavy (non-hydrogen) atoms. The van der Waals surface area contributed by atoms with Crippen molar-refractivity contribution in [3.63, 3.8) is 0 Å². The summed E-state index contributed by atoms with van der Waals surface area (Å²) < 4.78 is 5.16. The van der Waals surface area contributed by atoms with Crippen LogP contribution in [-0.2, 0) is 9.53 Å². The predicted molar refractivity (Wildman–Crippen MR) is 49.9 cm³/mol. The van der Waals surface area contributed by atoms with E-state index in [0.29, 0.717) is 5.92 Å². The highest BCUT2D eigenvalue weighted by atomic mass is 16.5. The second-order valence-electron chi connectivity index (χ2n) is 3.65. The Hall–Kier alpha value is -0.530. The molecule has 0 aromatic carbocycles. The number of ether oxygens (including phenoxy) is 1. The Bertz CT molecular complexity index is 130. The molecule has 0 N–H and O–H groups in total. The highest BCUT2D eigenvalue weighted by Gasteiger charge is 2.12. The van der Waals surface area contributed by atoms with Crippen LogP contribution in [0.3, 0.4) is 0 Å². The minimum Gasteiger partial charge on any atom is -0.463 e. The van der Waals surface area contributed by atoms with Crippen LogP contribution in [0.5, 0.6) is 0 Å². The zero-order chi connectivity index (χ0) is 9.56. The largest absolute Gasteiger partial charge is 0.463 e. The number of carbonyl (C=O) groups is 1. The lowest BCUT2D eigenvalue weighted by atomic mass is 10.0. The molecule has 0 fully saturated rings. The Morgan fingerprint density at radius 2 is 2.00 bits per heavy atom. The van der Waals surface area contributed by atoms with E-state index in [1.54, 1.807) is 0 Å². The molecular formula is C10H20O2. The molecule has 0 amide bonds. The number of rotatable bonds is 5. The third-order valence-electron chi connectivity index (χ3n) is 1.68. The van der Waals surface area contributed by atoms with Gasteiger partial charge < -0.3 is 4.74 Å². The summed E-state index contributed by atoms with van der Waals surface area (Å²) in [5.74, 6) is 0.440. The van der Waals surface area contributed by atoms with Crippen LogP contribution in [0, 0.1) is 5.92 Å². The van der Waals surface area contributed by atoms with Gasteiger partial charge in [0.05, 0.1) is 0 Å². The van der Waals surface area contributed by atoms with Gasteiger partial charge in [-0.25, -0.2) is 0 Å². The van der Waals surface area contributed by atoms with Gasteiger partial charge in [0.2, 0.25) is 0 Å². The van der Waals surface area contributed by atoms with Gasteiger partial charge in [-0.2, -0.15) is 0 Å². The lowest BCUT2D eigenvalue weighted by molar-refractivity contribution is -0.147. The van der Waals surface area contributed by atoms with Crippen molar-refractivity contribution in [2.75, 3.05) is 0 Å². The van der Waals surface area contributed by atoms with E-state index in [-0.39, 0.29) is 12.1 Å². The Morgan fingerprint density at radius 1 is 1.42 bits per heavy atom. The Morgan fingerprint density at radius 3 is 2.33 bits per heavy atom. The molecule has 0 aliphatic rings. The van der Waals surface area contributed by atoms with Gasteiger partial charge in [-0.3, -0.25) is 4.79 Å². The molecule has 0 radical (unpaired) electrons. The highest BCUT2D eigenvalue weighted by molar-refractivity contribution is 5.66. The maximum Gasteiger partial charge on any atom is 0.302 e. The molecule has 0 rings (SSSR count). The minimum atomic E-state index is -0.158. The van der Waals surface area contributed by atoms with Crippen molar-refractivity contribution in [1.29, 1.82) is 0 Å². The summed E-state index contributed by atoms with van der Waals surface area (Å²) in [5.41, 5.74) is 0. The van der Waals surface area contributed by atoms with Crippen molar-refractivity contribution in [3.8, 4) is 0 Å². The molecule has 1 atom stereocenters. The van der Waals surface area contributed by atoms with Crippen LogP contribution < -0.4 is 0 Å². The molecule has 2 nitrogen and oxygen atoms in total. The van der Waals surface area contributed by atoms with Crippen LogP contribution in [0.2, 0.25) is 0 Å². The lowest BCUT2D eigenvalue weighted by Gasteiger charge is -2.17. The van der Waals surface area contributed by atoms with Gasteiger partial charge >= 0.3 is 5.97 Å². The number of esters is 1. The lowest BCUT2D eigenvalue weighted by Crippen LogP contribution is -2.18. The number of hydrogen-bond donors (Lipinski definition) is 0. The first-order valence-electron chi connectivity index (χ1n) is 4.73. The fraction of sp³-hybridized carbons (Fsp3) is 0.900. The van der Waals surface area contributed by atoms with Gasteiger partial charge in [0, 0.05) is 6.92 Å². The van der Waals surface area contributed by atoms with E-state index in [0.717, 1.165) is 19.3 Å². The second kappa shape index (κ2) is 6.04. The van der Waals surface area contributed by atoms with Crippen molar-refractivity contribution in [2.24, 2.45) is 5.92 Å². The first-order valence-corrected chi connectivity index (χ1v) is 4.73. The zero-order valence-corrected chi connectivity index (χ0v) is 8.59. The van der Waals surface area contributed by atoms with Crippen LogP contribution >= 0.6 is 0 Å². The second-order valence-corrected chi connectivity index (χ2v) is 3.65. The molecule has 0 aliphatic carbocycles. The Kier molecular flexibility index (Phi) is 5.77. The van der Waals surface area contributed by atoms with Gasteiger partial charge in [-0.05, 0) is 18.8 Å². The van der Waals surface area contributed by atoms with Crippen molar-refractivity contribution >= 4 is 5.97 Å². The van der Waals surface area contributed by atoms with Crippen LogP contribution in [0.4, 0.5) is 0 Å². The van der Waals surface area contributed by atoms with Crippen LogP contribution in [0.15, 0.2) is 0 Å².